The zero-order chi connectivity index (χ0) is 29.9. The smallest absolute Gasteiger partial charge is 0.411 e. The lowest BCUT2D eigenvalue weighted by atomic mass is 9.81. The number of hydrogen-bond donors (Lipinski definition) is 0. The Bertz CT molecular complexity index is 1210. The predicted molar refractivity (Wildman–Crippen MR) is 158 cm³/mol. The zero-order valence-electron chi connectivity index (χ0n) is 25.3. The Morgan fingerprint density at radius 2 is 1.57 bits per heavy atom. The van der Waals surface area contributed by atoms with Crippen LogP contribution in [0.3, 0.4) is 0 Å². The topological polar surface area (TPSA) is 71.5 Å². The van der Waals surface area contributed by atoms with Crippen LogP contribution < -0.4 is 4.74 Å². The van der Waals surface area contributed by atoms with Gasteiger partial charge in [0.25, 0.3) is 0 Å². The summed E-state index contributed by atoms with van der Waals surface area (Å²) in [6, 6.07) is 14.3. The number of carbonyl (C=O) groups excluding carboxylic acids is 2. The van der Waals surface area contributed by atoms with Crippen molar-refractivity contribution >= 4 is 12.2 Å². The van der Waals surface area contributed by atoms with Gasteiger partial charge in [-0.25, -0.2) is 14.0 Å². The van der Waals surface area contributed by atoms with Crippen LogP contribution in [0, 0.1) is 17.7 Å². The maximum absolute atomic E-state index is 13.7. The molecule has 0 bridgehead atoms. The molecule has 0 aliphatic carbocycles. The molecule has 1 unspecified atom stereocenters. The Balaban J connectivity index is 1.27. The minimum Gasteiger partial charge on any atom is -0.493 e. The standard InChI is InChI=1S/C33H44FN3O5/c1-23(2)21-40-28-11-7-26(8-12-28)20-37-30(19-25-5-9-27(34)10-6-25)33(42-32(37)39)13-15-35(16-14-33)17-18-36-29(24(3)4)22-41-31(36)38/h5-12,23-24,29-30H,13-22H2,1-4H3/t29-,30?/m1/s1. The molecule has 0 N–H and O–H groups in total. The first-order valence-electron chi connectivity index (χ1n) is 15.2. The number of amides is 2. The third-order valence-electron chi connectivity index (χ3n) is 8.85. The lowest BCUT2D eigenvalue weighted by molar-refractivity contribution is -0.0229. The average Bonchev–Trinajstić information content (AvgIpc) is 3.46. The van der Waals surface area contributed by atoms with Crippen molar-refractivity contribution in [1.82, 2.24) is 14.7 Å². The number of carbonyl (C=O) groups is 2. The van der Waals surface area contributed by atoms with Gasteiger partial charge in [-0.3, -0.25) is 4.90 Å². The molecule has 3 heterocycles. The fourth-order valence-corrected chi connectivity index (χ4v) is 6.29. The molecular formula is C33H44FN3O5. The molecule has 2 atom stereocenters. The van der Waals surface area contributed by atoms with Crippen molar-refractivity contribution in [3.05, 3.63) is 65.5 Å². The van der Waals surface area contributed by atoms with E-state index in [-0.39, 0.29) is 30.1 Å². The van der Waals surface area contributed by atoms with Crippen molar-refractivity contribution in [3.63, 3.8) is 0 Å². The normalized spacial score (nSPS) is 22.4. The first-order valence-corrected chi connectivity index (χ1v) is 15.2. The highest BCUT2D eigenvalue weighted by molar-refractivity contribution is 5.72. The highest BCUT2D eigenvalue weighted by Crippen LogP contribution is 2.41. The fourth-order valence-electron chi connectivity index (χ4n) is 6.29. The number of likely N-dealkylation sites (tertiary alicyclic amines) is 1. The molecule has 3 fully saturated rings. The zero-order valence-corrected chi connectivity index (χ0v) is 25.3. The van der Waals surface area contributed by atoms with Crippen LogP contribution in [0.5, 0.6) is 5.75 Å². The van der Waals surface area contributed by atoms with E-state index in [1.54, 1.807) is 12.1 Å². The van der Waals surface area contributed by atoms with Crippen molar-refractivity contribution < 1.29 is 28.2 Å². The number of piperidine rings is 1. The second-order valence-corrected chi connectivity index (χ2v) is 12.7. The highest BCUT2D eigenvalue weighted by atomic mass is 19.1. The number of nitrogens with zero attached hydrogens (tertiary/aromatic N) is 3. The Morgan fingerprint density at radius 3 is 2.21 bits per heavy atom. The van der Waals surface area contributed by atoms with Crippen LogP contribution in [0.2, 0.25) is 0 Å². The Labute approximate surface area is 248 Å². The molecule has 3 aliphatic rings. The number of rotatable bonds is 11. The summed E-state index contributed by atoms with van der Waals surface area (Å²) in [5.74, 6) is 1.30. The van der Waals surface area contributed by atoms with E-state index in [2.05, 4.69) is 32.6 Å². The minimum absolute atomic E-state index is 0.105. The molecule has 5 rings (SSSR count). The van der Waals surface area contributed by atoms with E-state index in [1.807, 2.05) is 34.1 Å². The van der Waals surface area contributed by atoms with Gasteiger partial charge in [-0.15, -0.1) is 0 Å². The molecule has 2 aromatic carbocycles. The largest absolute Gasteiger partial charge is 0.493 e. The molecule has 3 saturated heterocycles. The SMILES string of the molecule is CC(C)COc1ccc(CN2C(=O)OC3(CCN(CCN4C(=O)OC[C@@H]4C(C)C)CC3)C2Cc2ccc(F)cc2)cc1. The Morgan fingerprint density at radius 1 is 0.905 bits per heavy atom. The highest BCUT2D eigenvalue weighted by Gasteiger charge is 2.54. The monoisotopic (exact) mass is 581 g/mol. The van der Waals surface area contributed by atoms with Gasteiger partial charge in [-0.05, 0) is 53.6 Å². The van der Waals surface area contributed by atoms with Crippen LogP contribution in [-0.2, 0) is 22.4 Å². The van der Waals surface area contributed by atoms with Crippen LogP contribution in [0.25, 0.3) is 0 Å². The van der Waals surface area contributed by atoms with Crippen molar-refractivity contribution in [2.24, 2.45) is 11.8 Å². The van der Waals surface area contributed by atoms with Crippen LogP contribution in [0.15, 0.2) is 48.5 Å². The van der Waals surface area contributed by atoms with Crippen LogP contribution in [0.1, 0.15) is 51.7 Å². The van der Waals surface area contributed by atoms with Gasteiger partial charge in [0.15, 0.2) is 0 Å². The van der Waals surface area contributed by atoms with Crippen molar-refractivity contribution in [3.8, 4) is 5.75 Å². The molecule has 8 nitrogen and oxygen atoms in total. The van der Waals surface area contributed by atoms with Crippen LogP contribution >= 0.6 is 0 Å². The molecule has 2 aromatic rings. The summed E-state index contributed by atoms with van der Waals surface area (Å²) < 4.78 is 31.1. The summed E-state index contributed by atoms with van der Waals surface area (Å²) in [6.45, 7) is 12.9. The van der Waals surface area contributed by atoms with Gasteiger partial charge in [0, 0.05) is 45.6 Å². The van der Waals surface area contributed by atoms with Gasteiger partial charge in [0.05, 0.1) is 18.7 Å². The van der Waals surface area contributed by atoms with Crippen LogP contribution in [0.4, 0.5) is 14.0 Å². The summed E-state index contributed by atoms with van der Waals surface area (Å²) in [5, 5.41) is 0. The quantitative estimate of drug-likeness (QED) is 0.337. The van der Waals surface area contributed by atoms with E-state index < -0.39 is 5.60 Å². The van der Waals surface area contributed by atoms with Gasteiger partial charge in [-0.2, -0.15) is 0 Å². The molecule has 9 heteroatoms. The average molecular weight is 582 g/mol. The van der Waals surface area contributed by atoms with E-state index >= 15 is 0 Å². The first kappa shape index (κ1) is 30.1. The van der Waals surface area contributed by atoms with Gasteiger partial charge in [0.1, 0.15) is 23.8 Å². The number of cyclic esters (lactones) is 1. The molecule has 0 radical (unpaired) electrons. The minimum atomic E-state index is -0.630. The van der Waals surface area contributed by atoms with E-state index in [0.29, 0.717) is 57.4 Å². The summed E-state index contributed by atoms with van der Waals surface area (Å²) in [5.41, 5.74) is 1.34. The van der Waals surface area contributed by atoms with Crippen molar-refractivity contribution in [2.75, 3.05) is 39.4 Å². The van der Waals surface area contributed by atoms with Crippen molar-refractivity contribution in [1.29, 1.82) is 0 Å². The van der Waals surface area contributed by atoms with Gasteiger partial charge in [0.2, 0.25) is 0 Å². The number of ether oxygens (including phenoxy) is 3. The molecular weight excluding hydrogens is 537 g/mol. The van der Waals surface area contributed by atoms with E-state index in [9.17, 15) is 14.0 Å². The van der Waals surface area contributed by atoms with Gasteiger partial charge in [-0.1, -0.05) is 52.0 Å². The summed E-state index contributed by atoms with van der Waals surface area (Å²) in [4.78, 5) is 31.7. The summed E-state index contributed by atoms with van der Waals surface area (Å²) in [6.07, 6.45) is 1.43. The number of benzene rings is 2. The third kappa shape index (κ3) is 6.83. The van der Waals surface area contributed by atoms with Crippen LogP contribution in [-0.4, -0.2) is 84.0 Å². The third-order valence-corrected chi connectivity index (χ3v) is 8.85. The lowest BCUT2D eigenvalue weighted by Gasteiger charge is -2.42. The van der Waals surface area contributed by atoms with Gasteiger partial charge >= 0.3 is 12.2 Å². The van der Waals surface area contributed by atoms with E-state index in [4.69, 9.17) is 14.2 Å². The molecule has 0 saturated carbocycles. The summed E-state index contributed by atoms with van der Waals surface area (Å²) >= 11 is 0. The van der Waals surface area contributed by atoms with E-state index in [0.717, 1.165) is 36.5 Å². The molecule has 2 amide bonds. The Hall–Kier alpha value is -3.33. The second-order valence-electron chi connectivity index (χ2n) is 12.7. The first-order chi connectivity index (χ1) is 20.1. The Kier molecular flexibility index (Phi) is 9.25. The molecule has 228 valence electrons. The fraction of sp³-hybridized carbons (Fsp3) is 0.576. The summed E-state index contributed by atoms with van der Waals surface area (Å²) in [7, 11) is 0. The maximum Gasteiger partial charge on any atom is 0.411 e. The lowest BCUT2D eigenvalue weighted by Crippen LogP contribution is -2.54. The number of hydrogen-bond acceptors (Lipinski definition) is 6. The second kappa shape index (κ2) is 12.9. The van der Waals surface area contributed by atoms with E-state index in [1.165, 1.54) is 12.1 Å². The molecule has 3 aliphatic heterocycles. The number of halogens is 1. The van der Waals surface area contributed by atoms with Crippen molar-refractivity contribution in [2.45, 2.75) is 71.2 Å². The molecule has 42 heavy (non-hydrogen) atoms. The molecule has 1 spiro atoms. The predicted octanol–water partition coefficient (Wildman–Crippen LogP) is 5.74. The van der Waals surface area contributed by atoms with Gasteiger partial charge < -0.3 is 24.0 Å². The maximum atomic E-state index is 13.7. The molecule has 0 aromatic heterocycles.